The Kier molecular flexibility index (Phi) is 6.53. The van der Waals surface area contributed by atoms with Gasteiger partial charge in [0.25, 0.3) is 10.1 Å². The number of benzene rings is 3. The van der Waals surface area contributed by atoms with E-state index in [1.807, 2.05) is 6.07 Å². The maximum atomic E-state index is 11.0. The summed E-state index contributed by atoms with van der Waals surface area (Å²) < 4.78 is 31.0. The monoisotopic (exact) mass is 342 g/mol. The summed E-state index contributed by atoms with van der Waals surface area (Å²) in [6.45, 7) is 2.23. The first-order valence-electron chi connectivity index (χ1n) is 8.01. The highest BCUT2D eigenvalue weighted by molar-refractivity contribution is 7.86. The first kappa shape index (κ1) is 18.2. The Morgan fingerprint density at radius 3 is 2.12 bits per heavy atom. The Hall–Kier alpha value is -2.17. The van der Waals surface area contributed by atoms with Crippen molar-refractivity contribution < 1.29 is 13.0 Å². The Labute approximate surface area is 143 Å². The summed E-state index contributed by atoms with van der Waals surface area (Å²) in [4.78, 5) is -0.0457. The zero-order chi connectivity index (χ0) is 17.4. The third-order valence-corrected chi connectivity index (χ3v) is 4.60. The minimum Gasteiger partial charge on any atom is -0.282 e. The van der Waals surface area contributed by atoms with Crippen LogP contribution < -0.4 is 0 Å². The molecule has 0 radical (unpaired) electrons. The number of unbranched alkanes of at least 4 members (excludes halogenated alkanes) is 1. The Morgan fingerprint density at radius 1 is 0.833 bits per heavy atom. The van der Waals surface area contributed by atoms with Crippen molar-refractivity contribution in [1.29, 1.82) is 0 Å². The van der Waals surface area contributed by atoms with Gasteiger partial charge in [-0.3, -0.25) is 4.55 Å². The number of aryl methyl sites for hydroxylation is 1. The molecule has 3 aromatic rings. The molecule has 0 aliphatic rings. The molecule has 0 aliphatic heterocycles. The zero-order valence-electron chi connectivity index (χ0n) is 13.7. The highest BCUT2D eigenvalue weighted by Gasteiger charge is 2.12. The van der Waals surface area contributed by atoms with Crippen LogP contribution in [0, 0.1) is 0 Å². The van der Waals surface area contributed by atoms with Crippen LogP contribution >= 0.6 is 0 Å². The molecule has 1 N–H and O–H groups in total. The van der Waals surface area contributed by atoms with Crippen LogP contribution in [0.1, 0.15) is 25.3 Å². The second-order valence-electron chi connectivity index (χ2n) is 5.54. The first-order chi connectivity index (χ1) is 11.5. The van der Waals surface area contributed by atoms with Gasteiger partial charge < -0.3 is 0 Å². The van der Waals surface area contributed by atoms with Gasteiger partial charge in [-0.05, 0) is 29.9 Å². The molecule has 0 saturated carbocycles. The molecule has 0 heterocycles. The predicted molar refractivity (Wildman–Crippen MR) is 98.8 cm³/mol. The van der Waals surface area contributed by atoms with Crippen LogP contribution in [0.15, 0.2) is 77.7 Å². The summed E-state index contributed by atoms with van der Waals surface area (Å²) in [6.07, 6.45) is 3.83. The van der Waals surface area contributed by atoms with Crippen LogP contribution in [-0.2, 0) is 16.5 Å². The first-order valence-corrected chi connectivity index (χ1v) is 9.45. The number of rotatable bonds is 4. The highest BCUT2D eigenvalue weighted by atomic mass is 32.2. The lowest BCUT2D eigenvalue weighted by atomic mass is 10.1. The summed E-state index contributed by atoms with van der Waals surface area (Å²) in [5.74, 6) is 0. The third-order valence-electron chi connectivity index (χ3n) is 3.69. The molecule has 0 amide bonds. The minimum absolute atomic E-state index is 0.0457. The fraction of sp³-hybridized carbons (Fsp3) is 0.200. The van der Waals surface area contributed by atoms with E-state index in [4.69, 9.17) is 4.55 Å². The molecule has 3 aromatic carbocycles. The van der Waals surface area contributed by atoms with E-state index in [9.17, 15) is 8.42 Å². The normalized spacial score (nSPS) is 10.9. The molecular formula is C20H22O3S. The van der Waals surface area contributed by atoms with Crippen LogP contribution in [0.5, 0.6) is 0 Å². The van der Waals surface area contributed by atoms with Gasteiger partial charge in [-0.1, -0.05) is 80.1 Å². The number of fused-ring (bicyclic) bond motifs is 1. The fourth-order valence-electron chi connectivity index (χ4n) is 2.45. The molecule has 0 fully saturated rings. The smallest absolute Gasteiger partial charge is 0.282 e. The molecule has 0 aliphatic carbocycles. The van der Waals surface area contributed by atoms with Crippen molar-refractivity contribution in [1.82, 2.24) is 0 Å². The molecule has 0 atom stereocenters. The van der Waals surface area contributed by atoms with Crippen LogP contribution in [0.4, 0.5) is 0 Å². The van der Waals surface area contributed by atoms with Crippen molar-refractivity contribution in [3.05, 3.63) is 78.4 Å². The summed E-state index contributed by atoms with van der Waals surface area (Å²) in [7, 11) is -4.13. The third kappa shape index (κ3) is 5.18. The van der Waals surface area contributed by atoms with Crippen LogP contribution in [0.2, 0.25) is 0 Å². The molecule has 0 unspecified atom stereocenters. The van der Waals surface area contributed by atoms with Gasteiger partial charge in [0.05, 0.1) is 0 Å². The lowest BCUT2D eigenvalue weighted by Gasteiger charge is -2.02. The van der Waals surface area contributed by atoms with Crippen molar-refractivity contribution >= 4 is 20.9 Å². The van der Waals surface area contributed by atoms with Gasteiger partial charge >= 0.3 is 0 Å². The minimum atomic E-state index is -4.13. The van der Waals surface area contributed by atoms with Crippen molar-refractivity contribution in [2.75, 3.05) is 0 Å². The SMILES string of the molecule is CCCCc1ccccc1.O=S(=O)(O)c1cccc2ccccc12. The van der Waals surface area contributed by atoms with Crippen molar-refractivity contribution in [3.63, 3.8) is 0 Å². The van der Waals surface area contributed by atoms with E-state index in [0.717, 1.165) is 5.39 Å². The molecule has 0 aromatic heterocycles. The summed E-state index contributed by atoms with van der Waals surface area (Å²) in [6, 6.07) is 22.4. The Morgan fingerprint density at radius 2 is 1.46 bits per heavy atom. The Bertz CT molecular complexity index is 866. The molecule has 3 rings (SSSR count). The molecule has 24 heavy (non-hydrogen) atoms. The van der Waals surface area contributed by atoms with Gasteiger partial charge in [-0.15, -0.1) is 0 Å². The second-order valence-corrected chi connectivity index (χ2v) is 6.93. The lowest BCUT2D eigenvalue weighted by Crippen LogP contribution is -1.98. The standard InChI is InChI=1S/C10H8O3S.C10H14/c11-14(12,13)10-7-3-5-8-4-1-2-6-9(8)10;1-2-3-7-10-8-5-4-6-9-10/h1-7H,(H,11,12,13);4-6,8-9H,2-3,7H2,1H3. The molecule has 3 nitrogen and oxygen atoms in total. The molecule has 0 saturated heterocycles. The van der Waals surface area contributed by atoms with Crippen LogP contribution in [0.25, 0.3) is 10.8 Å². The zero-order valence-corrected chi connectivity index (χ0v) is 14.5. The average molecular weight is 342 g/mol. The largest absolute Gasteiger partial charge is 0.295 e. The maximum Gasteiger partial charge on any atom is 0.295 e. The van der Waals surface area contributed by atoms with Crippen molar-refractivity contribution in [2.45, 2.75) is 31.1 Å². The van der Waals surface area contributed by atoms with Gasteiger partial charge in [-0.25, -0.2) is 0 Å². The highest BCUT2D eigenvalue weighted by Crippen LogP contribution is 2.22. The van der Waals surface area contributed by atoms with E-state index in [1.54, 1.807) is 30.3 Å². The molecular weight excluding hydrogens is 320 g/mol. The van der Waals surface area contributed by atoms with E-state index in [-0.39, 0.29) is 4.90 Å². The average Bonchev–Trinajstić information content (AvgIpc) is 2.60. The maximum absolute atomic E-state index is 11.0. The van der Waals surface area contributed by atoms with Gasteiger partial charge in [0.2, 0.25) is 0 Å². The van der Waals surface area contributed by atoms with Gasteiger partial charge in [0, 0.05) is 5.39 Å². The predicted octanol–water partition coefficient (Wildman–Crippen LogP) is 5.12. The summed E-state index contributed by atoms with van der Waals surface area (Å²) >= 11 is 0. The Balaban J connectivity index is 0.000000185. The summed E-state index contributed by atoms with van der Waals surface area (Å²) in [5.41, 5.74) is 1.46. The van der Waals surface area contributed by atoms with Crippen LogP contribution in [-0.4, -0.2) is 13.0 Å². The quantitative estimate of drug-likeness (QED) is 0.670. The fourth-order valence-corrected chi connectivity index (χ4v) is 3.16. The number of hydrogen-bond acceptors (Lipinski definition) is 2. The molecule has 4 heteroatoms. The second kappa shape index (κ2) is 8.62. The lowest BCUT2D eigenvalue weighted by molar-refractivity contribution is 0.484. The van der Waals surface area contributed by atoms with Crippen molar-refractivity contribution in [3.8, 4) is 0 Å². The van der Waals surface area contributed by atoms with Gasteiger partial charge in [0.1, 0.15) is 4.90 Å². The number of hydrogen-bond donors (Lipinski definition) is 1. The van der Waals surface area contributed by atoms with E-state index < -0.39 is 10.1 Å². The van der Waals surface area contributed by atoms with E-state index >= 15 is 0 Å². The van der Waals surface area contributed by atoms with E-state index in [1.165, 1.54) is 30.9 Å². The molecule has 0 spiro atoms. The molecule has 126 valence electrons. The summed E-state index contributed by atoms with van der Waals surface area (Å²) in [5, 5.41) is 1.33. The van der Waals surface area contributed by atoms with Crippen molar-refractivity contribution in [2.24, 2.45) is 0 Å². The van der Waals surface area contributed by atoms with Gasteiger partial charge in [0.15, 0.2) is 0 Å². The van der Waals surface area contributed by atoms with E-state index in [2.05, 4.69) is 37.3 Å². The molecule has 0 bridgehead atoms. The van der Waals surface area contributed by atoms with Gasteiger partial charge in [-0.2, -0.15) is 8.42 Å². The topological polar surface area (TPSA) is 54.4 Å². The van der Waals surface area contributed by atoms with E-state index in [0.29, 0.717) is 5.39 Å². The van der Waals surface area contributed by atoms with Crippen LogP contribution in [0.3, 0.4) is 0 Å².